The van der Waals surface area contributed by atoms with Crippen molar-refractivity contribution in [1.29, 1.82) is 0 Å². The van der Waals surface area contributed by atoms with E-state index in [1.54, 1.807) is 0 Å². The lowest BCUT2D eigenvalue weighted by Crippen LogP contribution is -2.72. The van der Waals surface area contributed by atoms with E-state index in [1.807, 2.05) is 13.8 Å². The standard InChI is InChI=1S/C25H32O8/c1-12(2)23(29)10-18-25(33-18)22(4)8-7-14-15(11-30-20(14)28)16(22)9-17-24(25,32-17)21(23)31-19(27)6-5-13(3)26/h12,16-18,21,29H,5-11H2,1-4H3/t16-,17-,18-,21+,22-,23+,24+,25+/m0/s1. The first-order valence-electron chi connectivity index (χ1n) is 12.2. The Labute approximate surface area is 193 Å². The molecule has 0 radical (unpaired) electrons. The van der Waals surface area contributed by atoms with E-state index in [9.17, 15) is 19.5 Å². The molecule has 0 aromatic heterocycles. The lowest BCUT2D eigenvalue weighted by atomic mass is 9.46. The van der Waals surface area contributed by atoms with Crippen LogP contribution in [0.3, 0.4) is 0 Å². The highest BCUT2D eigenvalue weighted by atomic mass is 16.7. The predicted molar refractivity (Wildman–Crippen MR) is 113 cm³/mol. The number of ketones is 1. The number of ether oxygens (including phenoxy) is 4. The first-order valence-corrected chi connectivity index (χ1v) is 12.2. The zero-order valence-corrected chi connectivity index (χ0v) is 19.6. The highest BCUT2D eigenvalue weighted by Gasteiger charge is 2.95. The number of aliphatic hydroxyl groups is 1. The summed E-state index contributed by atoms with van der Waals surface area (Å²) in [6.07, 6.45) is 1.21. The van der Waals surface area contributed by atoms with Crippen LogP contribution in [0.25, 0.3) is 0 Å². The highest BCUT2D eigenvalue weighted by molar-refractivity contribution is 5.92. The van der Waals surface area contributed by atoms with Gasteiger partial charge in [-0.3, -0.25) is 4.79 Å². The summed E-state index contributed by atoms with van der Waals surface area (Å²) in [7, 11) is 0. The Morgan fingerprint density at radius 3 is 2.67 bits per heavy atom. The molecule has 0 aromatic rings. The second-order valence-electron chi connectivity index (χ2n) is 11.4. The minimum atomic E-state index is -1.29. The van der Waals surface area contributed by atoms with Crippen LogP contribution in [0.15, 0.2) is 11.1 Å². The molecule has 0 unspecified atom stereocenters. The average molecular weight is 461 g/mol. The molecule has 8 atom stereocenters. The molecule has 3 aliphatic heterocycles. The first kappa shape index (κ1) is 21.7. The molecule has 0 aromatic carbocycles. The van der Waals surface area contributed by atoms with Crippen LogP contribution in [-0.4, -0.2) is 64.6 Å². The summed E-state index contributed by atoms with van der Waals surface area (Å²) in [5, 5.41) is 11.8. The van der Waals surface area contributed by atoms with Crippen molar-refractivity contribution in [3.05, 3.63) is 11.1 Å². The van der Waals surface area contributed by atoms with Crippen molar-refractivity contribution in [2.24, 2.45) is 17.3 Å². The number of rotatable bonds is 5. The highest BCUT2D eigenvalue weighted by Crippen LogP contribution is 2.80. The van der Waals surface area contributed by atoms with E-state index in [4.69, 9.17) is 18.9 Å². The molecule has 180 valence electrons. The third-order valence-corrected chi connectivity index (χ3v) is 9.72. The van der Waals surface area contributed by atoms with Crippen molar-refractivity contribution in [1.82, 2.24) is 0 Å². The molecule has 0 amide bonds. The molecule has 3 aliphatic carbocycles. The smallest absolute Gasteiger partial charge is 0.334 e. The van der Waals surface area contributed by atoms with Gasteiger partial charge in [-0.05, 0) is 43.6 Å². The lowest BCUT2D eigenvalue weighted by Gasteiger charge is -2.56. The molecular formula is C25H32O8. The molecule has 8 heteroatoms. The van der Waals surface area contributed by atoms with Gasteiger partial charge in [0, 0.05) is 23.8 Å². The number of carbonyl (C=O) groups excluding carboxylic acids is 3. The Balaban J connectivity index is 1.40. The van der Waals surface area contributed by atoms with Gasteiger partial charge in [-0.1, -0.05) is 20.8 Å². The van der Waals surface area contributed by atoms with Crippen LogP contribution in [0.5, 0.6) is 0 Å². The van der Waals surface area contributed by atoms with Gasteiger partial charge < -0.3 is 28.8 Å². The topological polar surface area (TPSA) is 115 Å². The minimum absolute atomic E-state index is 0.0202. The maximum absolute atomic E-state index is 12.8. The van der Waals surface area contributed by atoms with E-state index in [2.05, 4.69) is 6.92 Å². The summed E-state index contributed by atoms with van der Waals surface area (Å²) < 4.78 is 24.4. The number of epoxide rings is 2. The van der Waals surface area contributed by atoms with Crippen LogP contribution < -0.4 is 0 Å². The number of carbonyl (C=O) groups is 3. The van der Waals surface area contributed by atoms with Gasteiger partial charge in [0.2, 0.25) is 0 Å². The summed E-state index contributed by atoms with van der Waals surface area (Å²) in [6, 6.07) is 0. The second-order valence-corrected chi connectivity index (χ2v) is 11.4. The van der Waals surface area contributed by atoms with Gasteiger partial charge in [0.1, 0.15) is 23.6 Å². The molecule has 2 saturated heterocycles. The third kappa shape index (κ3) is 2.45. The quantitative estimate of drug-likeness (QED) is 0.489. The maximum Gasteiger partial charge on any atom is 0.334 e. The zero-order valence-electron chi connectivity index (χ0n) is 19.6. The molecule has 6 aliphatic rings. The van der Waals surface area contributed by atoms with Crippen molar-refractivity contribution in [3.63, 3.8) is 0 Å². The van der Waals surface area contributed by atoms with E-state index in [1.165, 1.54) is 6.92 Å². The Kier molecular flexibility index (Phi) is 4.26. The number of esters is 2. The van der Waals surface area contributed by atoms with E-state index in [0.717, 1.165) is 17.6 Å². The largest absolute Gasteiger partial charge is 0.458 e. The SMILES string of the molecule is CC(=O)CCC(=O)O[C@H]1[C@]23O[C@H]2C[C@H]2C4=C(CC[C@]2(C)[C@@]32O[C@H]2C[C@@]1(O)C(C)C)C(=O)OC4. The monoisotopic (exact) mass is 460 g/mol. The summed E-state index contributed by atoms with van der Waals surface area (Å²) in [5.41, 5.74) is -1.32. The first-order chi connectivity index (χ1) is 15.5. The Hall–Kier alpha value is -1.77. The Morgan fingerprint density at radius 1 is 1.21 bits per heavy atom. The summed E-state index contributed by atoms with van der Waals surface area (Å²) in [5.74, 6) is -0.873. The second kappa shape index (κ2) is 6.46. The van der Waals surface area contributed by atoms with Crippen molar-refractivity contribution in [2.45, 2.75) is 101 Å². The molecule has 0 bridgehead atoms. The van der Waals surface area contributed by atoms with Gasteiger partial charge in [-0.25, -0.2) is 4.79 Å². The van der Waals surface area contributed by atoms with Crippen molar-refractivity contribution >= 4 is 17.7 Å². The van der Waals surface area contributed by atoms with E-state index < -0.39 is 28.9 Å². The van der Waals surface area contributed by atoms with Crippen LogP contribution in [0.1, 0.15) is 66.2 Å². The number of Topliss-reactive ketones (excluding diaryl/α,β-unsaturated/α-hetero) is 1. The Bertz CT molecular complexity index is 1000. The fourth-order valence-corrected chi connectivity index (χ4v) is 7.84. The average Bonchev–Trinajstić information content (AvgIpc) is 3.62. The fourth-order valence-electron chi connectivity index (χ4n) is 7.84. The van der Waals surface area contributed by atoms with Crippen molar-refractivity contribution < 1.29 is 38.4 Å². The lowest BCUT2D eigenvalue weighted by molar-refractivity contribution is -0.206. The normalized spacial score (nSPS) is 48.7. The fraction of sp³-hybridized carbons (Fsp3) is 0.800. The van der Waals surface area contributed by atoms with E-state index >= 15 is 0 Å². The molecule has 8 nitrogen and oxygen atoms in total. The maximum atomic E-state index is 12.8. The molecule has 4 fully saturated rings. The third-order valence-electron chi connectivity index (χ3n) is 9.72. The van der Waals surface area contributed by atoms with Gasteiger partial charge in [0.15, 0.2) is 11.7 Å². The van der Waals surface area contributed by atoms with E-state index in [0.29, 0.717) is 25.9 Å². The summed E-state index contributed by atoms with van der Waals surface area (Å²) in [6.45, 7) is 7.82. The van der Waals surface area contributed by atoms with Crippen LogP contribution in [0.4, 0.5) is 0 Å². The van der Waals surface area contributed by atoms with Crippen LogP contribution >= 0.6 is 0 Å². The Morgan fingerprint density at radius 2 is 1.97 bits per heavy atom. The molecular weight excluding hydrogens is 428 g/mol. The van der Waals surface area contributed by atoms with Gasteiger partial charge in [-0.15, -0.1) is 0 Å². The summed E-state index contributed by atoms with van der Waals surface area (Å²) >= 11 is 0. The zero-order chi connectivity index (χ0) is 23.6. The van der Waals surface area contributed by atoms with Crippen molar-refractivity contribution in [3.8, 4) is 0 Å². The van der Waals surface area contributed by atoms with Gasteiger partial charge in [-0.2, -0.15) is 0 Å². The van der Waals surface area contributed by atoms with Gasteiger partial charge >= 0.3 is 11.9 Å². The molecule has 6 rings (SSSR count). The van der Waals surface area contributed by atoms with Crippen LogP contribution in [0, 0.1) is 17.3 Å². The summed E-state index contributed by atoms with van der Waals surface area (Å²) in [4.78, 5) is 36.4. The molecule has 2 saturated carbocycles. The molecule has 3 heterocycles. The minimum Gasteiger partial charge on any atom is -0.458 e. The predicted octanol–water partition coefficient (Wildman–Crippen LogP) is 2.01. The number of cyclic esters (lactones) is 1. The molecule has 33 heavy (non-hydrogen) atoms. The van der Waals surface area contributed by atoms with Gasteiger partial charge in [0.25, 0.3) is 0 Å². The molecule has 1 N–H and O–H groups in total. The van der Waals surface area contributed by atoms with Crippen molar-refractivity contribution in [2.75, 3.05) is 6.61 Å². The van der Waals surface area contributed by atoms with E-state index in [-0.39, 0.29) is 54.1 Å². The molecule has 2 spiro atoms. The number of hydrogen-bond acceptors (Lipinski definition) is 8. The van der Waals surface area contributed by atoms with Crippen LogP contribution in [-0.2, 0) is 33.3 Å². The van der Waals surface area contributed by atoms with Crippen LogP contribution in [0.2, 0.25) is 0 Å². The van der Waals surface area contributed by atoms with Gasteiger partial charge in [0.05, 0.1) is 18.6 Å². The number of hydrogen-bond donors (Lipinski definition) is 1. The number of fused-ring (bicyclic) bond motifs is 2.